The molecule has 17 heavy (non-hydrogen) atoms. The van der Waals surface area contributed by atoms with Crippen LogP contribution in [0.3, 0.4) is 0 Å². The summed E-state index contributed by atoms with van der Waals surface area (Å²) < 4.78 is 0. The van der Waals surface area contributed by atoms with Crippen molar-refractivity contribution in [2.24, 2.45) is 11.7 Å². The van der Waals surface area contributed by atoms with E-state index in [1.807, 2.05) is 0 Å². The van der Waals surface area contributed by atoms with Gasteiger partial charge in [0.25, 0.3) is 0 Å². The van der Waals surface area contributed by atoms with E-state index in [2.05, 4.69) is 0 Å². The van der Waals surface area contributed by atoms with E-state index in [4.69, 9.17) is 5.73 Å². The molecule has 2 aliphatic rings. The topological polar surface area (TPSA) is 63.4 Å². The molecule has 96 valence electrons. The Hall–Kier alpha value is -1.06. The second-order valence-electron chi connectivity index (χ2n) is 5.64. The lowest BCUT2D eigenvalue weighted by molar-refractivity contribution is -0.156. The smallest absolute Gasteiger partial charge is 0.243 e. The number of rotatable bonds is 3. The minimum atomic E-state index is -0.717. The van der Waals surface area contributed by atoms with Crippen molar-refractivity contribution in [2.75, 3.05) is 6.54 Å². The Morgan fingerprint density at radius 3 is 2.41 bits per heavy atom. The average molecular weight is 238 g/mol. The zero-order valence-corrected chi connectivity index (χ0v) is 10.6. The van der Waals surface area contributed by atoms with Crippen LogP contribution >= 0.6 is 0 Å². The van der Waals surface area contributed by atoms with E-state index >= 15 is 0 Å². The summed E-state index contributed by atoms with van der Waals surface area (Å²) in [7, 11) is 0. The molecule has 4 heteroatoms. The van der Waals surface area contributed by atoms with Crippen molar-refractivity contribution in [2.45, 2.75) is 57.4 Å². The highest BCUT2D eigenvalue weighted by atomic mass is 16.2. The molecule has 0 aromatic rings. The summed E-state index contributed by atoms with van der Waals surface area (Å²) in [5.74, 6) is 0.263. The first-order chi connectivity index (χ1) is 8.04. The number of carbonyl (C=O) groups is 2. The van der Waals surface area contributed by atoms with Crippen LogP contribution in [0.4, 0.5) is 0 Å². The number of hydrogen-bond acceptors (Lipinski definition) is 2. The maximum Gasteiger partial charge on any atom is 0.243 e. The summed E-state index contributed by atoms with van der Waals surface area (Å²) in [6, 6.07) is 0. The molecule has 2 amide bonds. The lowest BCUT2D eigenvalue weighted by atomic mass is 9.82. The van der Waals surface area contributed by atoms with Crippen LogP contribution < -0.4 is 5.73 Å². The predicted octanol–water partition coefficient (Wildman–Crippen LogP) is 1.43. The van der Waals surface area contributed by atoms with Gasteiger partial charge in [-0.1, -0.05) is 19.3 Å². The summed E-state index contributed by atoms with van der Waals surface area (Å²) >= 11 is 0. The maximum absolute atomic E-state index is 12.1. The van der Waals surface area contributed by atoms with E-state index in [1.54, 1.807) is 11.8 Å². The van der Waals surface area contributed by atoms with Gasteiger partial charge in [0.1, 0.15) is 5.54 Å². The fraction of sp³-hybridized carbons (Fsp3) is 0.846. The van der Waals surface area contributed by atoms with Gasteiger partial charge >= 0.3 is 0 Å². The molecular formula is C13H22N2O2. The van der Waals surface area contributed by atoms with Crippen molar-refractivity contribution in [3.05, 3.63) is 0 Å². The molecule has 2 fully saturated rings. The summed E-state index contributed by atoms with van der Waals surface area (Å²) in [6.45, 7) is 2.46. The van der Waals surface area contributed by atoms with Crippen molar-refractivity contribution in [3.8, 4) is 0 Å². The predicted molar refractivity (Wildman–Crippen MR) is 65.1 cm³/mol. The first-order valence-corrected chi connectivity index (χ1v) is 6.64. The lowest BCUT2D eigenvalue weighted by Crippen LogP contribution is -2.66. The molecule has 1 atom stereocenters. The van der Waals surface area contributed by atoms with E-state index in [1.165, 1.54) is 19.3 Å². The largest absolute Gasteiger partial charge is 0.368 e. The van der Waals surface area contributed by atoms with Gasteiger partial charge in [-0.25, -0.2) is 0 Å². The molecule has 0 bridgehead atoms. The molecule has 4 nitrogen and oxygen atoms in total. The summed E-state index contributed by atoms with van der Waals surface area (Å²) in [6.07, 6.45) is 7.41. The molecule has 1 saturated heterocycles. The minimum Gasteiger partial charge on any atom is -0.368 e. The average Bonchev–Trinajstić information content (AvgIpc) is 2.27. The second kappa shape index (κ2) is 4.67. The molecule has 1 saturated carbocycles. The van der Waals surface area contributed by atoms with Gasteiger partial charge in [0.15, 0.2) is 0 Å². The summed E-state index contributed by atoms with van der Waals surface area (Å²) in [4.78, 5) is 25.1. The van der Waals surface area contributed by atoms with Crippen LogP contribution in [0.15, 0.2) is 0 Å². The monoisotopic (exact) mass is 238 g/mol. The Balaban J connectivity index is 1.90. The molecule has 1 aliphatic heterocycles. The molecular weight excluding hydrogens is 216 g/mol. The third-order valence-corrected chi connectivity index (χ3v) is 4.44. The highest BCUT2D eigenvalue weighted by molar-refractivity contribution is 5.91. The normalized spacial score (nSPS) is 29.8. The Morgan fingerprint density at radius 1 is 1.29 bits per heavy atom. The van der Waals surface area contributed by atoms with Crippen LogP contribution in [-0.4, -0.2) is 28.8 Å². The standard InChI is InChI=1S/C13H22N2O2/c1-13(12(14)17)7-8-15(13)11(16)9-10-5-3-2-4-6-10/h10H,2-9H2,1H3,(H2,14,17)/t13-/m1/s1. The SMILES string of the molecule is C[C@]1(C(N)=O)CCN1C(=O)CC1CCCCC1. The number of nitrogens with two attached hydrogens (primary N) is 1. The number of carbonyl (C=O) groups excluding carboxylic acids is 2. The van der Waals surface area contributed by atoms with Gasteiger partial charge in [-0.15, -0.1) is 0 Å². The van der Waals surface area contributed by atoms with Crippen LogP contribution in [0.2, 0.25) is 0 Å². The third-order valence-electron chi connectivity index (χ3n) is 4.44. The van der Waals surface area contributed by atoms with Crippen molar-refractivity contribution in [1.29, 1.82) is 0 Å². The van der Waals surface area contributed by atoms with E-state index in [0.717, 1.165) is 12.8 Å². The number of nitrogens with zero attached hydrogens (tertiary/aromatic N) is 1. The van der Waals surface area contributed by atoms with Gasteiger partial charge in [-0.2, -0.15) is 0 Å². The van der Waals surface area contributed by atoms with Crippen molar-refractivity contribution < 1.29 is 9.59 Å². The number of likely N-dealkylation sites (tertiary alicyclic amines) is 1. The first kappa shape index (κ1) is 12.4. The molecule has 2 rings (SSSR count). The fourth-order valence-electron chi connectivity index (χ4n) is 2.96. The highest BCUT2D eigenvalue weighted by Crippen LogP contribution is 2.33. The molecule has 1 heterocycles. The van der Waals surface area contributed by atoms with Gasteiger partial charge < -0.3 is 10.6 Å². The number of amides is 2. The number of hydrogen-bond donors (Lipinski definition) is 1. The summed E-state index contributed by atoms with van der Waals surface area (Å²) in [5, 5.41) is 0. The molecule has 0 radical (unpaired) electrons. The quantitative estimate of drug-likeness (QED) is 0.808. The van der Waals surface area contributed by atoms with E-state index in [-0.39, 0.29) is 11.8 Å². The minimum absolute atomic E-state index is 0.115. The molecule has 1 aliphatic carbocycles. The van der Waals surface area contributed by atoms with E-state index < -0.39 is 5.54 Å². The molecule has 0 spiro atoms. The second-order valence-corrected chi connectivity index (χ2v) is 5.64. The fourth-order valence-corrected chi connectivity index (χ4v) is 2.96. The first-order valence-electron chi connectivity index (χ1n) is 6.64. The van der Waals surface area contributed by atoms with Gasteiger partial charge in [0, 0.05) is 13.0 Å². The molecule has 0 aromatic heterocycles. The van der Waals surface area contributed by atoms with Crippen molar-refractivity contribution in [3.63, 3.8) is 0 Å². The Labute approximate surface area is 103 Å². The lowest BCUT2D eigenvalue weighted by Gasteiger charge is -2.48. The molecule has 2 N–H and O–H groups in total. The van der Waals surface area contributed by atoms with E-state index in [9.17, 15) is 9.59 Å². The zero-order chi connectivity index (χ0) is 12.5. The van der Waals surface area contributed by atoms with Crippen LogP contribution in [0.5, 0.6) is 0 Å². The van der Waals surface area contributed by atoms with Crippen LogP contribution in [0, 0.1) is 5.92 Å². The van der Waals surface area contributed by atoms with E-state index in [0.29, 0.717) is 25.3 Å². The Bertz CT molecular complexity index is 323. The van der Waals surface area contributed by atoms with Gasteiger partial charge in [-0.05, 0) is 32.1 Å². The number of primary amides is 1. The van der Waals surface area contributed by atoms with Crippen LogP contribution in [-0.2, 0) is 9.59 Å². The summed E-state index contributed by atoms with van der Waals surface area (Å²) in [5.41, 5.74) is 4.64. The van der Waals surface area contributed by atoms with Crippen LogP contribution in [0.1, 0.15) is 51.9 Å². The zero-order valence-electron chi connectivity index (χ0n) is 10.6. The van der Waals surface area contributed by atoms with Gasteiger partial charge in [0.05, 0.1) is 0 Å². The molecule has 0 unspecified atom stereocenters. The van der Waals surface area contributed by atoms with Crippen LogP contribution in [0.25, 0.3) is 0 Å². The van der Waals surface area contributed by atoms with Gasteiger partial charge in [-0.3, -0.25) is 9.59 Å². The van der Waals surface area contributed by atoms with Gasteiger partial charge in [0.2, 0.25) is 11.8 Å². The third kappa shape index (κ3) is 2.31. The maximum atomic E-state index is 12.1. The Kier molecular flexibility index (Phi) is 3.40. The Morgan fingerprint density at radius 2 is 1.94 bits per heavy atom. The van der Waals surface area contributed by atoms with Crippen molar-refractivity contribution in [1.82, 2.24) is 4.90 Å². The highest BCUT2D eigenvalue weighted by Gasteiger charge is 2.48. The van der Waals surface area contributed by atoms with Crippen molar-refractivity contribution >= 4 is 11.8 Å². The molecule has 0 aromatic carbocycles.